The van der Waals surface area contributed by atoms with E-state index in [1.165, 1.54) is 0 Å². The lowest BCUT2D eigenvalue weighted by atomic mass is 10.1. The van der Waals surface area contributed by atoms with Gasteiger partial charge in [0.25, 0.3) is 5.91 Å². The molecule has 3 N–H and O–H groups in total. The third kappa shape index (κ3) is 5.63. The Morgan fingerprint density at radius 1 is 1.28 bits per heavy atom. The Bertz CT molecular complexity index is 722. The number of amides is 1. The second kappa shape index (κ2) is 9.46. The van der Waals surface area contributed by atoms with Crippen molar-refractivity contribution in [1.82, 2.24) is 25.7 Å². The second-order valence-electron chi connectivity index (χ2n) is 5.60. The first-order valence-electron chi connectivity index (χ1n) is 8.44. The number of aromatic nitrogens is 2. The predicted octanol–water partition coefficient (Wildman–Crippen LogP) is 1.08. The summed E-state index contributed by atoms with van der Waals surface area (Å²) < 4.78 is 1.82. The molecule has 0 atom stereocenters. The maximum absolute atomic E-state index is 11.7. The van der Waals surface area contributed by atoms with Crippen LogP contribution in [0.15, 0.2) is 41.5 Å². The van der Waals surface area contributed by atoms with Crippen LogP contribution in [0.1, 0.15) is 28.5 Å². The summed E-state index contributed by atoms with van der Waals surface area (Å²) in [5.74, 6) is 0.701. The van der Waals surface area contributed by atoms with Gasteiger partial charge in [0.1, 0.15) is 0 Å². The minimum atomic E-state index is -0.0686. The van der Waals surface area contributed by atoms with E-state index in [1.54, 1.807) is 13.2 Å². The van der Waals surface area contributed by atoms with E-state index in [9.17, 15) is 4.79 Å². The molecule has 0 saturated heterocycles. The molecule has 0 radical (unpaired) electrons. The topological polar surface area (TPSA) is 83.3 Å². The molecule has 0 aliphatic rings. The van der Waals surface area contributed by atoms with Crippen LogP contribution in [0, 0.1) is 0 Å². The Balaban J connectivity index is 1.91. The third-order valence-electron chi connectivity index (χ3n) is 3.79. The number of nitrogens with one attached hydrogen (secondary N) is 3. The summed E-state index contributed by atoms with van der Waals surface area (Å²) in [6.07, 6.45) is 2.58. The molecule has 0 bridgehead atoms. The SMILES string of the molecule is CCNC(=NCc1ccnn1C)NCCc1cccc(C(=O)NC)c1. The molecule has 7 nitrogen and oxygen atoms in total. The Labute approximate surface area is 148 Å². The van der Waals surface area contributed by atoms with E-state index in [0.717, 1.165) is 36.7 Å². The summed E-state index contributed by atoms with van der Waals surface area (Å²) in [5, 5.41) is 13.3. The van der Waals surface area contributed by atoms with Crippen molar-refractivity contribution < 1.29 is 4.79 Å². The summed E-state index contributed by atoms with van der Waals surface area (Å²) in [7, 11) is 3.54. The fourth-order valence-electron chi connectivity index (χ4n) is 2.40. The van der Waals surface area contributed by atoms with Crippen molar-refractivity contribution >= 4 is 11.9 Å². The first-order valence-corrected chi connectivity index (χ1v) is 8.44. The Morgan fingerprint density at radius 3 is 2.80 bits per heavy atom. The Morgan fingerprint density at radius 2 is 2.12 bits per heavy atom. The number of benzene rings is 1. The third-order valence-corrected chi connectivity index (χ3v) is 3.79. The van der Waals surface area contributed by atoms with E-state index < -0.39 is 0 Å². The monoisotopic (exact) mass is 342 g/mol. The molecule has 2 rings (SSSR count). The largest absolute Gasteiger partial charge is 0.357 e. The van der Waals surface area contributed by atoms with Gasteiger partial charge in [-0.25, -0.2) is 4.99 Å². The maximum Gasteiger partial charge on any atom is 0.251 e. The summed E-state index contributed by atoms with van der Waals surface area (Å²) in [6, 6.07) is 9.61. The lowest BCUT2D eigenvalue weighted by molar-refractivity contribution is 0.0963. The average Bonchev–Trinajstić information content (AvgIpc) is 3.04. The van der Waals surface area contributed by atoms with Crippen molar-refractivity contribution in [2.45, 2.75) is 19.9 Å². The zero-order valence-corrected chi connectivity index (χ0v) is 15.0. The molecule has 2 aromatic rings. The molecule has 1 aromatic carbocycles. The minimum absolute atomic E-state index is 0.0686. The van der Waals surface area contributed by atoms with Gasteiger partial charge in [0.2, 0.25) is 0 Å². The van der Waals surface area contributed by atoms with Gasteiger partial charge in [0.05, 0.1) is 12.2 Å². The van der Waals surface area contributed by atoms with Crippen molar-refractivity contribution in [2.75, 3.05) is 20.1 Å². The van der Waals surface area contributed by atoms with Gasteiger partial charge in [-0.15, -0.1) is 0 Å². The van der Waals surface area contributed by atoms with Crippen LogP contribution in [0.2, 0.25) is 0 Å². The standard InChI is InChI=1S/C18H26N6O/c1-4-20-18(22-13-16-9-11-23-24(16)3)21-10-8-14-6-5-7-15(12-14)17(25)19-2/h5-7,9,11-12H,4,8,10,13H2,1-3H3,(H,19,25)(H2,20,21,22). The quantitative estimate of drug-likeness (QED) is 0.519. The van der Waals surface area contributed by atoms with E-state index in [4.69, 9.17) is 0 Å². The Hall–Kier alpha value is -2.83. The molecule has 0 aliphatic carbocycles. The molecule has 134 valence electrons. The van der Waals surface area contributed by atoms with Crippen LogP contribution in [0.5, 0.6) is 0 Å². The first-order chi connectivity index (χ1) is 12.1. The van der Waals surface area contributed by atoms with Crippen LogP contribution in [-0.2, 0) is 20.0 Å². The average molecular weight is 342 g/mol. The zero-order valence-electron chi connectivity index (χ0n) is 15.0. The molecule has 7 heteroatoms. The van der Waals surface area contributed by atoms with E-state index in [-0.39, 0.29) is 5.91 Å². The van der Waals surface area contributed by atoms with Crippen molar-refractivity contribution in [3.8, 4) is 0 Å². The van der Waals surface area contributed by atoms with Crippen molar-refractivity contribution in [3.05, 3.63) is 53.3 Å². The van der Waals surface area contributed by atoms with E-state index >= 15 is 0 Å². The predicted molar refractivity (Wildman–Crippen MR) is 99.6 cm³/mol. The molecule has 0 spiro atoms. The van der Waals surface area contributed by atoms with Crippen LogP contribution in [0.25, 0.3) is 0 Å². The fourth-order valence-corrected chi connectivity index (χ4v) is 2.40. The van der Waals surface area contributed by atoms with Crippen LogP contribution < -0.4 is 16.0 Å². The number of carbonyl (C=O) groups excluding carboxylic acids is 1. The summed E-state index contributed by atoms with van der Waals surface area (Å²) in [6.45, 7) is 4.13. The van der Waals surface area contributed by atoms with Crippen molar-refractivity contribution in [1.29, 1.82) is 0 Å². The van der Waals surface area contributed by atoms with Gasteiger partial charge in [0.15, 0.2) is 5.96 Å². The second-order valence-corrected chi connectivity index (χ2v) is 5.60. The number of aryl methyl sites for hydroxylation is 1. The number of carbonyl (C=O) groups is 1. The summed E-state index contributed by atoms with van der Waals surface area (Å²) in [5.41, 5.74) is 2.84. The minimum Gasteiger partial charge on any atom is -0.357 e. The smallest absolute Gasteiger partial charge is 0.251 e. The van der Waals surface area contributed by atoms with Crippen LogP contribution in [0.4, 0.5) is 0 Å². The van der Waals surface area contributed by atoms with Gasteiger partial charge in [-0.1, -0.05) is 12.1 Å². The fraction of sp³-hybridized carbons (Fsp3) is 0.389. The van der Waals surface area contributed by atoms with Gasteiger partial charge in [-0.3, -0.25) is 9.48 Å². The lowest BCUT2D eigenvalue weighted by Crippen LogP contribution is -2.38. The van der Waals surface area contributed by atoms with Crippen molar-refractivity contribution in [3.63, 3.8) is 0 Å². The van der Waals surface area contributed by atoms with Gasteiger partial charge in [-0.2, -0.15) is 5.10 Å². The van der Waals surface area contributed by atoms with Gasteiger partial charge >= 0.3 is 0 Å². The number of aliphatic imine (C=N–C) groups is 1. The molecule has 0 saturated carbocycles. The van der Waals surface area contributed by atoms with Crippen molar-refractivity contribution in [2.24, 2.45) is 12.0 Å². The maximum atomic E-state index is 11.7. The number of rotatable bonds is 7. The molecule has 0 aliphatic heterocycles. The molecule has 0 unspecified atom stereocenters. The Kier molecular flexibility index (Phi) is 7.00. The zero-order chi connectivity index (χ0) is 18.1. The van der Waals surface area contributed by atoms with E-state index in [0.29, 0.717) is 12.1 Å². The highest BCUT2D eigenvalue weighted by Crippen LogP contribution is 2.05. The molecule has 1 amide bonds. The molecule has 1 aromatic heterocycles. The molecule has 25 heavy (non-hydrogen) atoms. The number of hydrogen-bond acceptors (Lipinski definition) is 3. The van der Waals surface area contributed by atoms with E-state index in [2.05, 4.69) is 26.0 Å². The summed E-state index contributed by atoms with van der Waals surface area (Å²) >= 11 is 0. The lowest BCUT2D eigenvalue weighted by Gasteiger charge is -2.11. The van der Waals surface area contributed by atoms with Gasteiger partial charge in [-0.05, 0) is 37.1 Å². The number of nitrogens with zero attached hydrogens (tertiary/aromatic N) is 3. The van der Waals surface area contributed by atoms with Crippen LogP contribution in [-0.4, -0.2) is 41.8 Å². The van der Waals surface area contributed by atoms with Gasteiger partial charge in [0, 0.05) is 38.9 Å². The molecule has 1 heterocycles. The van der Waals surface area contributed by atoms with Crippen LogP contribution in [0.3, 0.4) is 0 Å². The number of guanidine groups is 1. The van der Waals surface area contributed by atoms with Gasteiger partial charge < -0.3 is 16.0 Å². The first kappa shape index (κ1) is 18.5. The molecule has 0 fully saturated rings. The molecular weight excluding hydrogens is 316 g/mol. The van der Waals surface area contributed by atoms with Crippen LogP contribution >= 0.6 is 0 Å². The van der Waals surface area contributed by atoms with E-state index in [1.807, 2.05) is 49.0 Å². The number of hydrogen-bond donors (Lipinski definition) is 3. The highest BCUT2D eigenvalue weighted by Gasteiger charge is 2.04. The highest BCUT2D eigenvalue weighted by atomic mass is 16.1. The highest BCUT2D eigenvalue weighted by molar-refractivity contribution is 5.94. The summed E-state index contributed by atoms with van der Waals surface area (Å²) in [4.78, 5) is 16.3. The molecular formula is C18H26N6O. The normalized spacial score (nSPS) is 11.2.